The Hall–Kier alpha value is -1.75. The van der Waals surface area contributed by atoms with E-state index in [4.69, 9.17) is 33.2 Å². The van der Waals surface area contributed by atoms with Gasteiger partial charge >= 0.3 is 17.9 Å². The number of carbonyl (C=O) groups is 3. The van der Waals surface area contributed by atoms with E-state index in [1.54, 1.807) is 0 Å². The van der Waals surface area contributed by atoms with Gasteiger partial charge in [0, 0.05) is 34.8 Å². The molecule has 0 aliphatic carbocycles. The topological polar surface area (TPSA) is 116 Å². The molecule has 0 unspecified atom stereocenters. The number of methoxy groups -OCH3 is 1. The van der Waals surface area contributed by atoms with Gasteiger partial charge in [0.25, 0.3) is 5.97 Å². The van der Waals surface area contributed by atoms with E-state index in [2.05, 4.69) is 0 Å². The fraction of sp³-hybridized carbons (Fsp3) is 0.800. The molecule has 2 aliphatic heterocycles. The largest absolute Gasteiger partial charge is 0.463 e. The van der Waals surface area contributed by atoms with Gasteiger partial charge < -0.3 is 28.4 Å². The standard InChI is InChI=1S/C15H22O10/c1-7(16)20-6-10-11(21-8(2)17)12(22-9(3)18)13-14(23-10)25-15(4,19-5)24-13/h10-14H,6H2,1-5H3/t10-,11+,12+,13+,14+,15+/m1/s1. The van der Waals surface area contributed by atoms with Crippen molar-refractivity contribution >= 4 is 17.9 Å². The minimum absolute atomic E-state index is 0.221. The Balaban J connectivity index is 2.29. The zero-order chi connectivity index (χ0) is 18.8. The minimum Gasteiger partial charge on any atom is -0.463 e. The van der Waals surface area contributed by atoms with E-state index < -0.39 is 54.6 Å². The van der Waals surface area contributed by atoms with Crippen LogP contribution in [0.5, 0.6) is 0 Å². The first-order valence-electron chi connectivity index (χ1n) is 7.69. The summed E-state index contributed by atoms with van der Waals surface area (Å²) in [5.41, 5.74) is 0. The van der Waals surface area contributed by atoms with E-state index >= 15 is 0 Å². The van der Waals surface area contributed by atoms with Crippen LogP contribution in [0.15, 0.2) is 0 Å². The molecule has 0 N–H and O–H groups in total. The minimum atomic E-state index is -1.43. The number of hydrogen-bond donors (Lipinski definition) is 0. The molecular formula is C15H22O10. The van der Waals surface area contributed by atoms with Crippen LogP contribution in [-0.2, 0) is 47.5 Å². The highest BCUT2D eigenvalue weighted by Crippen LogP contribution is 2.39. The summed E-state index contributed by atoms with van der Waals surface area (Å²) in [4.78, 5) is 34.1. The van der Waals surface area contributed by atoms with Crippen LogP contribution in [0.1, 0.15) is 27.7 Å². The lowest BCUT2D eigenvalue weighted by Gasteiger charge is -2.40. The van der Waals surface area contributed by atoms with E-state index in [1.165, 1.54) is 34.8 Å². The highest BCUT2D eigenvalue weighted by atomic mass is 16.9. The molecule has 2 rings (SSSR count). The van der Waals surface area contributed by atoms with Gasteiger partial charge in [-0.25, -0.2) is 0 Å². The first-order chi connectivity index (χ1) is 11.6. The van der Waals surface area contributed by atoms with E-state index in [9.17, 15) is 14.4 Å². The molecule has 0 aromatic rings. The molecule has 0 saturated carbocycles. The predicted octanol–water partition coefficient (Wildman–Crippen LogP) is -0.127. The molecule has 2 aliphatic rings. The molecule has 2 saturated heterocycles. The second kappa shape index (κ2) is 7.65. The zero-order valence-corrected chi connectivity index (χ0v) is 14.7. The Kier molecular flexibility index (Phi) is 5.99. The molecule has 2 heterocycles. The van der Waals surface area contributed by atoms with Crippen molar-refractivity contribution in [1.29, 1.82) is 0 Å². The molecule has 25 heavy (non-hydrogen) atoms. The zero-order valence-electron chi connectivity index (χ0n) is 14.7. The molecule has 0 spiro atoms. The lowest BCUT2D eigenvalue weighted by Crippen LogP contribution is -2.60. The molecule has 10 heteroatoms. The molecule has 10 nitrogen and oxygen atoms in total. The van der Waals surface area contributed by atoms with E-state index in [-0.39, 0.29) is 6.61 Å². The summed E-state index contributed by atoms with van der Waals surface area (Å²) in [6.45, 7) is 4.93. The maximum atomic E-state index is 11.5. The van der Waals surface area contributed by atoms with Gasteiger partial charge in [0.15, 0.2) is 24.6 Å². The van der Waals surface area contributed by atoms with Gasteiger partial charge in [0.05, 0.1) is 0 Å². The number of hydrogen-bond acceptors (Lipinski definition) is 10. The van der Waals surface area contributed by atoms with Crippen molar-refractivity contribution in [2.75, 3.05) is 13.7 Å². The number of fused-ring (bicyclic) bond motifs is 1. The van der Waals surface area contributed by atoms with Crippen LogP contribution in [0.4, 0.5) is 0 Å². The second-order valence-electron chi connectivity index (χ2n) is 5.76. The first kappa shape index (κ1) is 19.6. The van der Waals surface area contributed by atoms with Crippen molar-refractivity contribution in [3.8, 4) is 0 Å². The summed E-state index contributed by atoms with van der Waals surface area (Å²) < 4.78 is 37.6. The highest BCUT2D eigenvalue weighted by Gasteiger charge is 2.59. The number of esters is 3. The highest BCUT2D eigenvalue weighted by molar-refractivity contribution is 5.67. The monoisotopic (exact) mass is 362 g/mol. The van der Waals surface area contributed by atoms with E-state index in [0.29, 0.717) is 0 Å². The molecule has 6 atom stereocenters. The Morgan fingerprint density at radius 3 is 2.08 bits per heavy atom. The van der Waals surface area contributed by atoms with Gasteiger partial charge in [-0.05, 0) is 0 Å². The van der Waals surface area contributed by atoms with Gasteiger partial charge in [-0.15, -0.1) is 0 Å². The van der Waals surface area contributed by atoms with Crippen LogP contribution in [0.3, 0.4) is 0 Å². The Bertz CT molecular complexity index is 534. The van der Waals surface area contributed by atoms with Crippen molar-refractivity contribution in [2.45, 2.75) is 64.4 Å². The fourth-order valence-corrected chi connectivity index (χ4v) is 2.67. The lowest BCUT2D eigenvalue weighted by atomic mass is 9.98. The average molecular weight is 362 g/mol. The molecule has 0 amide bonds. The average Bonchev–Trinajstić information content (AvgIpc) is 2.84. The maximum absolute atomic E-state index is 11.5. The molecule has 2 fully saturated rings. The van der Waals surface area contributed by atoms with Gasteiger partial charge in [-0.1, -0.05) is 0 Å². The molecule has 0 radical (unpaired) electrons. The molecule has 0 aromatic carbocycles. The number of rotatable bonds is 5. The quantitative estimate of drug-likeness (QED) is 0.484. The van der Waals surface area contributed by atoms with Crippen LogP contribution < -0.4 is 0 Å². The van der Waals surface area contributed by atoms with Gasteiger partial charge in [0.1, 0.15) is 12.7 Å². The first-order valence-corrected chi connectivity index (χ1v) is 7.69. The van der Waals surface area contributed by atoms with E-state index in [1.807, 2.05) is 0 Å². The Labute approximate surface area is 144 Å². The summed E-state index contributed by atoms with van der Waals surface area (Å²) in [5, 5.41) is 0. The third-order valence-corrected chi connectivity index (χ3v) is 3.70. The summed E-state index contributed by atoms with van der Waals surface area (Å²) in [7, 11) is 1.37. The normalized spacial score (nSPS) is 37.1. The number of carbonyl (C=O) groups excluding carboxylic acids is 3. The molecule has 0 aromatic heterocycles. The van der Waals surface area contributed by atoms with Crippen LogP contribution in [0, 0.1) is 0 Å². The van der Waals surface area contributed by atoms with Crippen molar-refractivity contribution in [2.24, 2.45) is 0 Å². The van der Waals surface area contributed by atoms with Crippen molar-refractivity contribution in [3.63, 3.8) is 0 Å². The predicted molar refractivity (Wildman–Crippen MR) is 77.8 cm³/mol. The van der Waals surface area contributed by atoms with Crippen LogP contribution >= 0.6 is 0 Å². The van der Waals surface area contributed by atoms with Crippen molar-refractivity contribution in [1.82, 2.24) is 0 Å². The third kappa shape index (κ3) is 4.66. The summed E-state index contributed by atoms with van der Waals surface area (Å²) >= 11 is 0. The molecule has 142 valence electrons. The van der Waals surface area contributed by atoms with Crippen molar-refractivity contribution < 1.29 is 47.5 Å². The van der Waals surface area contributed by atoms with Crippen molar-refractivity contribution in [3.05, 3.63) is 0 Å². The van der Waals surface area contributed by atoms with Gasteiger partial charge in [0.2, 0.25) is 0 Å². The SMILES string of the molecule is CO[C@]1(C)O[C@@H]2O[C@H](COC(C)=O)[C@H](OC(C)=O)[C@H](OC(C)=O)[C@@H]2O1. The third-order valence-electron chi connectivity index (χ3n) is 3.70. The van der Waals surface area contributed by atoms with Crippen LogP contribution in [-0.4, -0.2) is 68.3 Å². The van der Waals surface area contributed by atoms with Crippen LogP contribution in [0.25, 0.3) is 0 Å². The summed E-state index contributed by atoms with van der Waals surface area (Å²) in [5.74, 6) is -3.19. The summed E-state index contributed by atoms with van der Waals surface area (Å²) in [6, 6.07) is 0. The fourth-order valence-electron chi connectivity index (χ4n) is 2.67. The Morgan fingerprint density at radius 1 is 0.960 bits per heavy atom. The lowest BCUT2D eigenvalue weighted by molar-refractivity contribution is -0.334. The molecule has 0 bridgehead atoms. The van der Waals surface area contributed by atoms with Gasteiger partial charge in [-0.3, -0.25) is 19.1 Å². The van der Waals surface area contributed by atoms with E-state index in [0.717, 1.165) is 0 Å². The van der Waals surface area contributed by atoms with Gasteiger partial charge in [-0.2, -0.15) is 0 Å². The second-order valence-corrected chi connectivity index (χ2v) is 5.76. The smallest absolute Gasteiger partial charge is 0.303 e. The summed E-state index contributed by atoms with van der Waals surface area (Å²) in [6.07, 6.45) is -4.86. The van der Waals surface area contributed by atoms with Crippen LogP contribution in [0.2, 0.25) is 0 Å². The number of ether oxygens (including phenoxy) is 7. The molecular weight excluding hydrogens is 340 g/mol. The Morgan fingerprint density at radius 2 is 1.56 bits per heavy atom. The maximum Gasteiger partial charge on any atom is 0.303 e.